The number of alkyl halides is 3. The number of benzene rings is 1. The number of carbonyl (C=O) groups excluding carboxylic acids is 4. The standard InChI is InChI=1S/C52H72F3N7O6S.C12H22O.C2H6/c1-8-34(3)27-51(9-2)30-60(23-24-68-51)46(36-15-10-11-16-36)48(64)59-41(49(65)62-22-13-12-21-57-62)26-44-58-42(29-69-44)37-18-19-43-39(25-37)40(28-50(5,6)32-67-33-63)47(61(43)31-52(53,54)55)38-17-14-20-56-45(38)35(4)66-7;1-5-8(2)12(11-6-7-11)9(3)10(4)13;1-2/h14,17-20,25,29,33-36,41,46,57H,8-13,15-16,21-24,26-28,30-32H2,1-7H3,(H,59,64);8-9,11-12H,5-7H2,1-4H3;1-2H3/t;8-,9?,12?;/m.1./s1. The van der Waals surface area contributed by atoms with Gasteiger partial charge >= 0.3 is 6.18 Å². The highest BCUT2D eigenvalue weighted by molar-refractivity contribution is 7.10. The average molecular weight is 1190 g/mol. The van der Waals surface area contributed by atoms with E-state index < -0.39 is 36.3 Å². The van der Waals surface area contributed by atoms with E-state index in [1.54, 1.807) is 49.3 Å². The quantitative estimate of drug-likeness (QED) is 0.0577. The fourth-order valence-corrected chi connectivity index (χ4v) is 14.1. The Bertz CT molecular complexity index is 2750. The van der Waals surface area contributed by atoms with Crippen LogP contribution in [0.25, 0.3) is 33.4 Å². The number of aromatic nitrogens is 3. The number of ether oxygens (including phenoxy) is 3. The van der Waals surface area contributed by atoms with Crippen molar-refractivity contribution in [2.45, 2.75) is 209 Å². The van der Waals surface area contributed by atoms with E-state index in [2.05, 4.69) is 62.2 Å². The number of amides is 2. The van der Waals surface area contributed by atoms with E-state index in [0.29, 0.717) is 112 Å². The lowest BCUT2D eigenvalue weighted by Gasteiger charge is -2.47. The molecule has 2 aliphatic carbocycles. The summed E-state index contributed by atoms with van der Waals surface area (Å²) < 4.78 is 62.6. The predicted molar refractivity (Wildman–Crippen MR) is 329 cm³/mol. The second-order valence-electron chi connectivity index (χ2n) is 25.1. The highest BCUT2D eigenvalue weighted by Gasteiger charge is 2.45. The summed E-state index contributed by atoms with van der Waals surface area (Å²) in [4.78, 5) is 64.1. The van der Waals surface area contributed by atoms with Crippen molar-refractivity contribution in [1.82, 2.24) is 35.2 Å². The maximum absolute atomic E-state index is 14.9. The molecule has 2 aliphatic heterocycles. The number of halogens is 3. The lowest BCUT2D eigenvalue weighted by molar-refractivity contribution is -0.152. The van der Waals surface area contributed by atoms with E-state index in [4.69, 9.17) is 19.2 Å². The first-order valence-electron chi connectivity index (χ1n) is 31.5. The predicted octanol–water partition coefficient (Wildman–Crippen LogP) is 13.8. The van der Waals surface area contributed by atoms with Gasteiger partial charge < -0.3 is 24.1 Å². The van der Waals surface area contributed by atoms with Crippen LogP contribution in [0.4, 0.5) is 13.2 Å². The molecule has 18 heteroatoms. The Morgan fingerprint density at radius 2 is 1.70 bits per heavy atom. The molecule has 468 valence electrons. The highest BCUT2D eigenvalue weighted by atomic mass is 32.1. The molecule has 0 bridgehead atoms. The molecule has 2 saturated carbocycles. The van der Waals surface area contributed by atoms with Gasteiger partial charge in [-0.25, -0.2) is 10.4 Å². The Hall–Kier alpha value is -4.75. The molecule has 8 rings (SSSR count). The van der Waals surface area contributed by atoms with Crippen molar-refractivity contribution in [1.29, 1.82) is 0 Å². The number of morpholine rings is 1. The fourth-order valence-electron chi connectivity index (χ4n) is 13.2. The molecule has 84 heavy (non-hydrogen) atoms. The summed E-state index contributed by atoms with van der Waals surface area (Å²) in [5.74, 6) is 3.17. The molecule has 0 spiro atoms. The summed E-state index contributed by atoms with van der Waals surface area (Å²) >= 11 is 1.38. The zero-order chi connectivity index (χ0) is 61.5. The monoisotopic (exact) mass is 1190 g/mol. The molecule has 2 N–H and O–H groups in total. The van der Waals surface area contributed by atoms with Gasteiger partial charge in [-0.15, -0.1) is 11.3 Å². The summed E-state index contributed by atoms with van der Waals surface area (Å²) in [5, 5.41) is 8.04. The minimum atomic E-state index is -4.56. The van der Waals surface area contributed by atoms with Crippen molar-refractivity contribution in [2.24, 2.45) is 40.9 Å². The molecular formula is C66H100F3N7O7S. The Labute approximate surface area is 503 Å². The van der Waals surface area contributed by atoms with Crippen LogP contribution in [-0.2, 0) is 52.8 Å². The van der Waals surface area contributed by atoms with E-state index >= 15 is 0 Å². The number of nitrogens with one attached hydrogen (secondary N) is 2. The van der Waals surface area contributed by atoms with Gasteiger partial charge in [-0.2, -0.15) is 13.2 Å². The molecule has 2 saturated heterocycles. The number of Topliss-reactive ketones (excluding diaryl/α,β-unsaturated/α-hetero) is 1. The Morgan fingerprint density at radius 1 is 0.976 bits per heavy atom. The maximum atomic E-state index is 14.9. The van der Waals surface area contributed by atoms with Gasteiger partial charge in [-0.05, 0) is 131 Å². The number of fused-ring (bicyclic) bond motifs is 1. The van der Waals surface area contributed by atoms with Crippen molar-refractivity contribution in [3.8, 4) is 22.5 Å². The number of methoxy groups -OCH3 is 1. The zero-order valence-corrected chi connectivity index (χ0v) is 53.6. The number of nitrogens with zero attached hydrogens (tertiary/aromatic N) is 5. The first-order chi connectivity index (χ1) is 40.1. The van der Waals surface area contributed by atoms with Crippen molar-refractivity contribution >= 4 is 46.3 Å². The number of carbonyl (C=O) groups is 4. The number of ketones is 1. The van der Waals surface area contributed by atoms with Crippen LogP contribution in [0, 0.1) is 40.9 Å². The lowest BCUT2D eigenvalue weighted by Crippen LogP contribution is -2.63. The van der Waals surface area contributed by atoms with Gasteiger partial charge in [0.1, 0.15) is 18.4 Å². The molecule has 3 aromatic heterocycles. The zero-order valence-electron chi connectivity index (χ0n) is 52.8. The normalized spacial score (nSPS) is 20.5. The van der Waals surface area contributed by atoms with Crippen LogP contribution in [0.3, 0.4) is 0 Å². The summed E-state index contributed by atoms with van der Waals surface area (Å²) in [6.07, 6.45) is 9.50. The largest absolute Gasteiger partial charge is 0.467 e. The lowest BCUT2D eigenvalue weighted by atomic mass is 9.77. The number of rotatable bonds is 26. The van der Waals surface area contributed by atoms with Crippen molar-refractivity contribution in [3.05, 3.63) is 58.2 Å². The first-order valence-corrected chi connectivity index (χ1v) is 32.4. The van der Waals surface area contributed by atoms with Crippen molar-refractivity contribution in [3.63, 3.8) is 0 Å². The third kappa shape index (κ3) is 17.7. The van der Waals surface area contributed by atoms with Gasteiger partial charge in [0.05, 0.1) is 53.1 Å². The minimum absolute atomic E-state index is 0.0420. The fraction of sp³-hybridized carbons (Fsp3) is 0.697. The average Bonchev–Trinajstić information content (AvgIpc) is 3.00. The van der Waals surface area contributed by atoms with Gasteiger partial charge in [0, 0.05) is 84.6 Å². The van der Waals surface area contributed by atoms with Crippen LogP contribution in [0.5, 0.6) is 0 Å². The smallest absolute Gasteiger partial charge is 0.406 e. The van der Waals surface area contributed by atoms with Gasteiger partial charge in [0.25, 0.3) is 12.4 Å². The number of pyridine rings is 1. The number of hydrogen-bond donors (Lipinski definition) is 2. The van der Waals surface area contributed by atoms with Gasteiger partial charge in [-0.1, -0.05) is 101 Å². The van der Waals surface area contributed by atoms with Crippen LogP contribution in [-0.4, -0.2) is 119 Å². The molecule has 4 fully saturated rings. The van der Waals surface area contributed by atoms with Crippen molar-refractivity contribution in [2.75, 3.05) is 46.5 Å². The van der Waals surface area contributed by atoms with E-state index in [-0.39, 0.29) is 48.7 Å². The van der Waals surface area contributed by atoms with E-state index in [1.807, 2.05) is 39.1 Å². The third-order valence-corrected chi connectivity index (χ3v) is 19.2. The minimum Gasteiger partial charge on any atom is -0.467 e. The summed E-state index contributed by atoms with van der Waals surface area (Å²) in [5.41, 5.74) is 5.88. The van der Waals surface area contributed by atoms with E-state index in [0.717, 1.165) is 63.7 Å². The summed E-state index contributed by atoms with van der Waals surface area (Å²) in [7, 11) is 1.53. The van der Waals surface area contributed by atoms with Crippen LogP contribution in [0.1, 0.15) is 183 Å². The Kier molecular flexibility index (Phi) is 25.4. The molecule has 5 heterocycles. The van der Waals surface area contributed by atoms with Crippen LogP contribution in [0.2, 0.25) is 0 Å². The number of hydrogen-bond acceptors (Lipinski definition) is 12. The maximum Gasteiger partial charge on any atom is 0.406 e. The highest BCUT2D eigenvalue weighted by Crippen LogP contribution is 2.46. The molecule has 7 unspecified atom stereocenters. The molecule has 14 nitrogen and oxygen atoms in total. The summed E-state index contributed by atoms with van der Waals surface area (Å²) in [6, 6.07) is 7.53. The molecule has 2 amide bonds. The second kappa shape index (κ2) is 31.2. The Balaban J connectivity index is 0.000000661. The number of hydrazine groups is 1. The SMILES string of the molecule is CC.CCC(C)CC1(CC)CN(C(C(=O)NC(Cc2nc(-c3ccc4c(c3)c(CC(C)(C)COC=O)c(-c3cccnc3C(C)OC)n4CC(F)(F)F)cs2)C(=O)N2CCCCN2)C2CCCC2)CCO1.CC[C@@H](C)C(C1CC1)C(C)C(C)=O. The second-order valence-corrected chi connectivity index (χ2v) is 26.0. The van der Waals surface area contributed by atoms with Gasteiger partial charge in [-0.3, -0.25) is 34.1 Å². The Morgan fingerprint density at radius 3 is 2.31 bits per heavy atom. The molecule has 4 aromatic rings. The van der Waals surface area contributed by atoms with Gasteiger partial charge in [0.15, 0.2) is 0 Å². The molecular weight excluding hydrogens is 1090 g/mol. The topological polar surface area (TPSA) is 157 Å². The van der Waals surface area contributed by atoms with Crippen LogP contribution < -0.4 is 10.7 Å². The molecule has 4 aliphatic rings. The van der Waals surface area contributed by atoms with Crippen molar-refractivity contribution < 1.29 is 46.6 Å². The van der Waals surface area contributed by atoms with E-state index in [9.17, 15) is 32.3 Å². The van der Waals surface area contributed by atoms with E-state index in [1.165, 1.54) is 42.3 Å². The number of thiazole rings is 1. The van der Waals surface area contributed by atoms with Crippen LogP contribution >= 0.6 is 11.3 Å². The molecule has 0 radical (unpaired) electrons. The summed E-state index contributed by atoms with van der Waals surface area (Å²) in [6.45, 7) is 26.8. The molecule has 8 atom stereocenters. The molecule has 1 aromatic carbocycles. The van der Waals surface area contributed by atoms with Crippen LogP contribution in [0.15, 0.2) is 41.9 Å². The third-order valence-electron chi connectivity index (χ3n) is 18.3. The first kappa shape index (κ1) is 68.4. The van der Waals surface area contributed by atoms with Gasteiger partial charge in [0.2, 0.25) is 5.91 Å².